The maximum atomic E-state index is 12.1. The summed E-state index contributed by atoms with van der Waals surface area (Å²) in [6.07, 6.45) is 0. The Hall–Kier alpha value is -2.97. The van der Waals surface area contributed by atoms with Crippen molar-refractivity contribution in [2.24, 2.45) is 0 Å². The molecule has 27 heavy (non-hydrogen) atoms. The van der Waals surface area contributed by atoms with Gasteiger partial charge < -0.3 is 10.6 Å². The molecule has 0 spiro atoms. The van der Waals surface area contributed by atoms with Gasteiger partial charge in [0.15, 0.2) is 0 Å². The van der Waals surface area contributed by atoms with Crippen molar-refractivity contribution in [2.75, 3.05) is 30.8 Å². The molecule has 142 valence electrons. The number of hydrogen-bond donors (Lipinski definition) is 2. The third-order valence-corrected chi connectivity index (χ3v) is 3.90. The molecule has 2 aromatic rings. The van der Waals surface area contributed by atoms with Crippen molar-refractivity contribution in [1.82, 2.24) is 4.90 Å². The van der Waals surface area contributed by atoms with Crippen LogP contribution in [0.1, 0.15) is 5.56 Å². The second kappa shape index (κ2) is 9.11. The number of nitrogens with one attached hydrogen (secondary N) is 2. The topological polar surface area (TPSA) is 105 Å². The monoisotopic (exact) mass is 390 g/mol. The first-order valence-electron chi connectivity index (χ1n) is 8.03. The van der Waals surface area contributed by atoms with Gasteiger partial charge in [-0.15, -0.1) is 0 Å². The molecule has 2 N–H and O–H groups in total. The molecule has 8 nitrogen and oxygen atoms in total. The summed E-state index contributed by atoms with van der Waals surface area (Å²) in [4.78, 5) is 36.0. The molecule has 0 heterocycles. The molecule has 9 heteroatoms. The van der Waals surface area contributed by atoms with E-state index >= 15 is 0 Å². The number of nitro benzene ring substituents is 1. The second-order valence-corrected chi connectivity index (χ2v) is 6.47. The first kappa shape index (κ1) is 20.3. The summed E-state index contributed by atoms with van der Waals surface area (Å²) in [5.41, 5.74) is 1.65. The molecule has 0 unspecified atom stereocenters. The summed E-state index contributed by atoms with van der Waals surface area (Å²) in [5, 5.41) is 16.7. The number of rotatable bonds is 7. The molecule has 2 aromatic carbocycles. The summed E-state index contributed by atoms with van der Waals surface area (Å²) < 4.78 is 0. The molecule has 0 aliphatic carbocycles. The highest BCUT2D eigenvalue weighted by Gasteiger charge is 2.13. The minimum absolute atomic E-state index is 0.00946. The normalized spacial score (nSPS) is 10.5. The van der Waals surface area contributed by atoms with Gasteiger partial charge in [-0.25, -0.2) is 0 Å². The molecule has 0 aliphatic rings. The molecule has 0 aromatic heterocycles. The zero-order valence-corrected chi connectivity index (χ0v) is 15.6. The summed E-state index contributed by atoms with van der Waals surface area (Å²) in [5.74, 6) is -0.590. The smallest absolute Gasteiger partial charge is 0.269 e. The molecule has 2 amide bonds. The Balaban J connectivity index is 1.85. The molecule has 0 radical (unpaired) electrons. The minimum atomic E-state index is -0.494. The standard InChI is InChI=1S/C18H19ClN4O4/c1-12-9-15(23(26)27)7-8-16(12)21-18(25)11-22(2)10-17(24)20-14-5-3-13(19)4-6-14/h3-9H,10-11H2,1-2H3,(H,20,24)(H,21,25). The first-order valence-corrected chi connectivity index (χ1v) is 8.41. The third-order valence-electron chi connectivity index (χ3n) is 3.65. The van der Waals surface area contributed by atoms with Gasteiger partial charge in [0, 0.05) is 28.5 Å². The van der Waals surface area contributed by atoms with Gasteiger partial charge in [0.2, 0.25) is 11.8 Å². The van der Waals surface area contributed by atoms with Crippen molar-refractivity contribution in [1.29, 1.82) is 0 Å². The zero-order chi connectivity index (χ0) is 20.0. The number of nitro groups is 1. The van der Waals surface area contributed by atoms with Gasteiger partial charge in [-0.1, -0.05) is 11.6 Å². The summed E-state index contributed by atoms with van der Waals surface area (Å²) in [7, 11) is 1.64. The van der Waals surface area contributed by atoms with E-state index in [1.807, 2.05) is 0 Å². The first-order chi connectivity index (χ1) is 12.7. The fourth-order valence-electron chi connectivity index (χ4n) is 2.37. The van der Waals surface area contributed by atoms with E-state index in [0.29, 0.717) is 22.0 Å². The number of nitrogens with zero attached hydrogens (tertiary/aromatic N) is 2. The Kier molecular flexibility index (Phi) is 6.86. The van der Waals surface area contributed by atoms with Crippen LogP contribution in [0.3, 0.4) is 0 Å². The number of carbonyl (C=O) groups excluding carboxylic acids is 2. The van der Waals surface area contributed by atoms with Crippen molar-refractivity contribution in [2.45, 2.75) is 6.92 Å². The molecule has 2 rings (SSSR count). The Bertz CT molecular complexity index is 855. The quantitative estimate of drug-likeness (QED) is 0.558. The average molecular weight is 391 g/mol. The maximum absolute atomic E-state index is 12.1. The van der Waals surface area contributed by atoms with Crippen molar-refractivity contribution in [3.05, 3.63) is 63.2 Å². The SMILES string of the molecule is Cc1cc([N+](=O)[O-])ccc1NC(=O)CN(C)CC(=O)Nc1ccc(Cl)cc1. The van der Waals surface area contributed by atoms with Gasteiger partial charge in [0.1, 0.15) is 0 Å². The maximum Gasteiger partial charge on any atom is 0.269 e. The molecular formula is C18H19ClN4O4. The van der Waals surface area contributed by atoms with Crippen LogP contribution in [0.15, 0.2) is 42.5 Å². The lowest BCUT2D eigenvalue weighted by Gasteiger charge is -2.16. The van der Waals surface area contributed by atoms with E-state index in [1.165, 1.54) is 18.2 Å². The van der Waals surface area contributed by atoms with Gasteiger partial charge in [0.05, 0.1) is 18.0 Å². The van der Waals surface area contributed by atoms with Crippen LogP contribution in [0.2, 0.25) is 5.02 Å². The van der Waals surface area contributed by atoms with E-state index in [4.69, 9.17) is 11.6 Å². The van der Waals surface area contributed by atoms with Gasteiger partial charge >= 0.3 is 0 Å². The van der Waals surface area contributed by atoms with E-state index in [2.05, 4.69) is 10.6 Å². The Morgan fingerprint density at radius 1 is 1.07 bits per heavy atom. The number of amides is 2. The molecule has 0 fully saturated rings. The molecule has 0 aliphatic heterocycles. The van der Waals surface area contributed by atoms with E-state index in [1.54, 1.807) is 43.1 Å². The fourth-order valence-corrected chi connectivity index (χ4v) is 2.50. The number of anilines is 2. The van der Waals surface area contributed by atoms with Gasteiger partial charge in [-0.05, 0) is 49.9 Å². The summed E-state index contributed by atoms with van der Waals surface area (Å²) >= 11 is 5.79. The Labute approximate surface area is 161 Å². The molecule has 0 saturated heterocycles. The molecular weight excluding hydrogens is 372 g/mol. The van der Waals surface area contributed by atoms with Gasteiger partial charge in [-0.2, -0.15) is 0 Å². The number of aryl methyl sites for hydroxylation is 1. The van der Waals surface area contributed by atoms with Crippen LogP contribution in [0.5, 0.6) is 0 Å². The van der Waals surface area contributed by atoms with Crippen LogP contribution < -0.4 is 10.6 Å². The third kappa shape index (κ3) is 6.36. The molecule has 0 bridgehead atoms. The Morgan fingerprint density at radius 2 is 1.67 bits per heavy atom. The number of halogens is 1. The van der Waals surface area contributed by atoms with Crippen molar-refractivity contribution in [3.8, 4) is 0 Å². The number of likely N-dealkylation sites (N-methyl/N-ethyl adjacent to an activating group) is 1. The molecule has 0 saturated carbocycles. The highest BCUT2D eigenvalue weighted by atomic mass is 35.5. The number of non-ortho nitro benzene ring substituents is 1. The predicted octanol–water partition coefficient (Wildman–Crippen LogP) is 3.07. The van der Waals surface area contributed by atoms with Crippen LogP contribution in [-0.2, 0) is 9.59 Å². The fraction of sp³-hybridized carbons (Fsp3) is 0.222. The summed E-state index contributed by atoms with van der Waals surface area (Å²) in [6.45, 7) is 1.69. The lowest BCUT2D eigenvalue weighted by atomic mass is 10.2. The number of carbonyl (C=O) groups is 2. The number of benzene rings is 2. The minimum Gasteiger partial charge on any atom is -0.325 e. The van der Waals surface area contributed by atoms with Crippen LogP contribution in [0.4, 0.5) is 17.1 Å². The van der Waals surface area contributed by atoms with Crippen LogP contribution >= 0.6 is 11.6 Å². The van der Waals surface area contributed by atoms with Gasteiger partial charge in [-0.3, -0.25) is 24.6 Å². The van der Waals surface area contributed by atoms with E-state index < -0.39 is 4.92 Å². The Morgan fingerprint density at radius 3 is 2.22 bits per heavy atom. The summed E-state index contributed by atoms with van der Waals surface area (Å²) in [6, 6.07) is 10.9. The van der Waals surface area contributed by atoms with Gasteiger partial charge in [0.25, 0.3) is 5.69 Å². The molecule has 0 atom stereocenters. The van der Waals surface area contributed by atoms with Crippen LogP contribution in [0.25, 0.3) is 0 Å². The zero-order valence-electron chi connectivity index (χ0n) is 14.9. The lowest BCUT2D eigenvalue weighted by Crippen LogP contribution is -2.36. The lowest BCUT2D eigenvalue weighted by molar-refractivity contribution is -0.384. The highest BCUT2D eigenvalue weighted by molar-refractivity contribution is 6.30. The van der Waals surface area contributed by atoms with Crippen molar-refractivity contribution >= 4 is 40.5 Å². The van der Waals surface area contributed by atoms with E-state index in [9.17, 15) is 19.7 Å². The van der Waals surface area contributed by atoms with Crippen LogP contribution in [0, 0.1) is 17.0 Å². The highest BCUT2D eigenvalue weighted by Crippen LogP contribution is 2.21. The largest absolute Gasteiger partial charge is 0.325 e. The number of hydrogen-bond acceptors (Lipinski definition) is 5. The average Bonchev–Trinajstić information content (AvgIpc) is 2.58. The van der Waals surface area contributed by atoms with Crippen molar-refractivity contribution < 1.29 is 14.5 Å². The van der Waals surface area contributed by atoms with E-state index in [-0.39, 0.29) is 30.6 Å². The van der Waals surface area contributed by atoms with Crippen molar-refractivity contribution in [3.63, 3.8) is 0 Å². The second-order valence-electron chi connectivity index (χ2n) is 6.03. The van der Waals surface area contributed by atoms with Crippen LogP contribution in [-0.4, -0.2) is 41.8 Å². The predicted molar refractivity (Wildman–Crippen MR) is 104 cm³/mol. The van der Waals surface area contributed by atoms with E-state index in [0.717, 1.165) is 0 Å².